The number of nitrogens with zero attached hydrogens (tertiary/aromatic N) is 1. The van der Waals surface area contributed by atoms with Gasteiger partial charge in [0, 0.05) is 12.5 Å². The molecule has 0 spiro atoms. The standard InChI is InChI=1S/C16H11F3N2O2/c1-9(22)20-12-3-2-4-13-14(12)21-15(23-13)10-5-7-11(8-6-10)16(17,18)19/h2-8H,1H3,(H,20,22). The maximum absolute atomic E-state index is 12.6. The number of rotatable bonds is 2. The van der Waals surface area contributed by atoms with E-state index in [0.29, 0.717) is 22.4 Å². The second kappa shape index (κ2) is 5.42. The maximum atomic E-state index is 12.6. The van der Waals surface area contributed by atoms with Gasteiger partial charge in [0.05, 0.1) is 11.3 Å². The first kappa shape index (κ1) is 15.1. The molecule has 0 aliphatic rings. The molecule has 7 heteroatoms. The van der Waals surface area contributed by atoms with Gasteiger partial charge in [-0.15, -0.1) is 0 Å². The smallest absolute Gasteiger partial charge is 0.416 e. The van der Waals surface area contributed by atoms with Gasteiger partial charge in [0.15, 0.2) is 5.58 Å². The Kier molecular flexibility index (Phi) is 3.55. The van der Waals surface area contributed by atoms with Crippen LogP contribution in [-0.4, -0.2) is 10.9 Å². The van der Waals surface area contributed by atoms with E-state index in [1.807, 2.05) is 0 Å². The van der Waals surface area contributed by atoms with Gasteiger partial charge in [0.1, 0.15) is 5.52 Å². The zero-order valence-corrected chi connectivity index (χ0v) is 11.9. The van der Waals surface area contributed by atoms with E-state index in [1.165, 1.54) is 19.1 Å². The SMILES string of the molecule is CC(=O)Nc1cccc2oc(-c3ccc(C(F)(F)F)cc3)nc12. The third-order valence-electron chi connectivity index (χ3n) is 3.19. The number of carbonyl (C=O) groups excluding carboxylic acids is 1. The minimum Gasteiger partial charge on any atom is -0.436 e. The van der Waals surface area contributed by atoms with E-state index >= 15 is 0 Å². The molecule has 1 N–H and O–H groups in total. The van der Waals surface area contributed by atoms with E-state index < -0.39 is 11.7 Å². The van der Waals surface area contributed by atoms with Crippen LogP contribution in [0.2, 0.25) is 0 Å². The Balaban J connectivity index is 2.02. The number of amides is 1. The van der Waals surface area contributed by atoms with E-state index in [4.69, 9.17) is 4.42 Å². The zero-order chi connectivity index (χ0) is 16.6. The number of anilines is 1. The Bertz CT molecular complexity index is 867. The third kappa shape index (κ3) is 3.03. The lowest BCUT2D eigenvalue weighted by Crippen LogP contribution is -2.05. The highest BCUT2D eigenvalue weighted by molar-refractivity contribution is 5.98. The van der Waals surface area contributed by atoms with Gasteiger partial charge in [-0.25, -0.2) is 4.98 Å². The summed E-state index contributed by atoms with van der Waals surface area (Å²) in [7, 11) is 0. The van der Waals surface area contributed by atoms with E-state index in [1.54, 1.807) is 18.2 Å². The summed E-state index contributed by atoms with van der Waals surface area (Å²) in [5, 5.41) is 2.63. The highest BCUT2D eigenvalue weighted by atomic mass is 19.4. The fourth-order valence-corrected chi connectivity index (χ4v) is 2.16. The Morgan fingerprint density at radius 3 is 2.43 bits per heavy atom. The van der Waals surface area contributed by atoms with Crippen molar-refractivity contribution in [3.8, 4) is 11.5 Å². The average molecular weight is 320 g/mol. The summed E-state index contributed by atoms with van der Waals surface area (Å²) in [4.78, 5) is 15.5. The van der Waals surface area contributed by atoms with E-state index in [0.717, 1.165) is 12.1 Å². The Labute approximate surface area is 128 Å². The Hall–Kier alpha value is -2.83. The summed E-state index contributed by atoms with van der Waals surface area (Å²) in [6.07, 6.45) is -4.39. The molecule has 4 nitrogen and oxygen atoms in total. The van der Waals surface area contributed by atoms with Crippen molar-refractivity contribution in [1.82, 2.24) is 4.98 Å². The normalized spacial score (nSPS) is 11.7. The Morgan fingerprint density at radius 2 is 1.83 bits per heavy atom. The average Bonchev–Trinajstić information content (AvgIpc) is 2.91. The van der Waals surface area contributed by atoms with Crippen LogP contribution in [0.5, 0.6) is 0 Å². The first-order valence-corrected chi connectivity index (χ1v) is 6.69. The number of fused-ring (bicyclic) bond motifs is 1. The molecule has 0 unspecified atom stereocenters. The number of benzene rings is 2. The lowest BCUT2D eigenvalue weighted by atomic mass is 10.1. The molecule has 1 aromatic heterocycles. The van der Waals surface area contributed by atoms with Crippen LogP contribution in [0.3, 0.4) is 0 Å². The molecule has 0 aliphatic carbocycles. The topological polar surface area (TPSA) is 55.1 Å². The monoisotopic (exact) mass is 320 g/mol. The molecule has 1 amide bonds. The number of alkyl halides is 3. The molecule has 0 bridgehead atoms. The van der Waals surface area contributed by atoms with Gasteiger partial charge in [-0.3, -0.25) is 4.79 Å². The molecule has 23 heavy (non-hydrogen) atoms. The molecule has 1 heterocycles. The second-order valence-corrected chi connectivity index (χ2v) is 4.93. The number of hydrogen-bond donors (Lipinski definition) is 1. The summed E-state index contributed by atoms with van der Waals surface area (Å²) in [6, 6.07) is 9.56. The van der Waals surface area contributed by atoms with Crippen molar-refractivity contribution in [1.29, 1.82) is 0 Å². The number of para-hydroxylation sites is 1. The van der Waals surface area contributed by atoms with Crippen LogP contribution in [0, 0.1) is 0 Å². The molecule has 0 saturated heterocycles. The number of oxazole rings is 1. The number of carbonyl (C=O) groups is 1. The summed E-state index contributed by atoms with van der Waals surface area (Å²) < 4.78 is 43.3. The summed E-state index contributed by atoms with van der Waals surface area (Å²) in [5.74, 6) is -0.0666. The van der Waals surface area contributed by atoms with Crippen molar-refractivity contribution >= 4 is 22.7 Å². The fourth-order valence-electron chi connectivity index (χ4n) is 2.16. The van der Waals surface area contributed by atoms with Crippen LogP contribution in [0.15, 0.2) is 46.9 Å². The van der Waals surface area contributed by atoms with Gasteiger partial charge >= 0.3 is 6.18 Å². The van der Waals surface area contributed by atoms with Crippen LogP contribution < -0.4 is 5.32 Å². The molecule has 3 rings (SSSR count). The van der Waals surface area contributed by atoms with E-state index in [2.05, 4.69) is 10.3 Å². The predicted octanol–water partition coefficient (Wildman–Crippen LogP) is 4.47. The van der Waals surface area contributed by atoms with Gasteiger partial charge in [-0.2, -0.15) is 13.2 Å². The quantitative estimate of drug-likeness (QED) is 0.758. The minimum atomic E-state index is -4.39. The zero-order valence-electron chi connectivity index (χ0n) is 11.9. The van der Waals surface area contributed by atoms with Gasteiger partial charge in [0.2, 0.25) is 11.8 Å². The highest BCUT2D eigenvalue weighted by Gasteiger charge is 2.30. The molecule has 0 fully saturated rings. The van der Waals surface area contributed by atoms with Crippen molar-refractivity contribution in [2.24, 2.45) is 0 Å². The molecule has 0 atom stereocenters. The lowest BCUT2D eigenvalue weighted by molar-refractivity contribution is -0.137. The van der Waals surface area contributed by atoms with Gasteiger partial charge < -0.3 is 9.73 Å². The number of aromatic nitrogens is 1. The van der Waals surface area contributed by atoms with Crippen molar-refractivity contribution in [3.63, 3.8) is 0 Å². The number of nitrogens with one attached hydrogen (secondary N) is 1. The van der Waals surface area contributed by atoms with Crippen molar-refractivity contribution < 1.29 is 22.4 Å². The maximum Gasteiger partial charge on any atom is 0.416 e. The van der Waals surface area contributed by atoms with Crippen LogP contribution in [0.25, 0.3) is 22.6 Å². The summed E-state index contributed by atoms with van der Waals surface area (Å²) in [5.41, 5.74) is 1.04. The second-order valence-electron chi connectivity index (χ2n) is 4.93. The first-order valence-electron chi connectivity index (χ1n) is 6.69. The molecular weight excluding hydrogens is 309 g/mol. The van der Waals surface area contributed by atoms with Crippen LogP contribution in [0.1, 0.15) is 12.5 Å². The lowest BCUT2D eigenvalue weighted by Gasteiger charge is -2.05. The molecule has 2 aromatic carbocycles. The Morgan fingerprint density at radius 1 is 1.13 bits per heavy atom. The first-order chi connectivity index (χ1) is 10.8. The van der Waals surface area contributed by atoms with Gasteiger partial charge in [-0.05, 0) is 36.4 Å². The molecule has 3 aromatic rings. The molecule has 0 saturated carbocycles. The van der Waals surface area contributed by atoms with Gasteiger partial charge in [0.25, 0.3) is 0 Å². The molecule has 0 radical (unpaired) electrons. The summed E-state index contributed by atoms with van der Waals surface area (Å²) in [6.45, 7) is 1.37. The van der Waals surface area contributed by atoms with E-state index in [-0.39, 0.29) is 11.8 Å². The van der Waals surface area contributed by atoms with Crippen LogP contribution in [0.4, 0.5) is 18.9 Å². The molecule has 118 valence electrons. The van der Waals surface area contributed by atoms with Crippen molar-refractivity contribution in [2.75, 3.05) is 5.32 Å². The molecular formula is C16H11F3N2O2. The van der Waals surface area contributed by atoms with Gasteiger partial charge in [-0.1, -0.05) is 6.07 Å². The molecule has 0 aliphatic heterocycles. The van der Waals surface area contributed by atoms with E-state index in [9.17, 15) is 18.0 Å². The number of hydrogen-bond acceptors (Lipinski definition) is 3. The highest BCUT2D eigenvalue weighted by Crippen LogP contribution is 2.32. The predicted molar refractivity (Wildman–Crippen MR) is 78.8 cm³/mol. The largest absolute Gasteiger partial charge is 0.436 e. The number of halogens is 3. The van der Waals surface area contributed by atoms with Crippen LogP contribution >= 0.6 is 0 Å². The van der Waals surface area contributed by atoms with Crippen LogP contribution in [-0.2, 0) is 11.0 Å². The van der Waals surface area contributed by atoms with Crippen molar-refractivity contribution in [2.45, 2.75) is 13.1 Å². The van der Waals surface area contributed by atoms with Crippen molar-refractivity contribution in [3.05, 3.63) is 48.0 Å². The fraction of sp³-hybridized carbons (Fsp3) is 0.125. The summed E-state index contributed by atoms with van der Waals surface area (Å²) >= 11 is 0. The minimum absolute atomic E-state index is 0.187. The third-order valence-corrected chi connectivity index (χ3v) is 3.19.